The highest BCUT2D eigenvalue weighted by atomic mass is 16.2. The molecule has 2 aliphatic rings. The molecular formula is C14H25N5O. The second-order valence-electron chi connectivity index (χ2n) is 5.50. The number of nitrogens with one attached hydrogen (secondary N) is 1. The fourth-order valence-corrected chi connectivity index (χ4v) is 2.67. The molecule has 1 atom stereocenters. The van der Waals surface area contributed by atoms with E-state index in [0.717, 1.165) is 38.6 Å². The predicted octanol–water partition coefficient (Wildman–Crippen LogP) is -0.404. The summed E-state index contributed by atoms with van der Waals surface area (Å²) in [5.74, 6) is 0.889. The number of carbonyl (C=O) groups excluding carboxylic acids is 1. The molecule has 0 bridgehead atoms. The van der Waals surface area contributed by atoms with Crippen molar-refractivity contribution in [1.82, 2.24) is 20.0 Å². The van der Waals surface area contributed by atoms with Crippen molar-refractivity contribution in [2.45, 2.75) is 12.5 Å². The van der Waals surface area contributed by atoms with Gasteiger partial charge in [-0.2, -0.15) is 0 Å². The van der Waals surface area contributed by atoms with Crippen molar-refractivity contribution < 1.29 is 4.79 Å². The molecule has 0 saturated carbocycles. The number of hydrogen-bond acceptors (Lipinski definition) is 3. The van der Waals surface area contributed by atoms with E-state index < -0.39 is 0 Å². The summed E-state index contributed by atoms with van der Waals surface area (Å²) < 4.78 is 0. The van der Waals surface area contributed by atoms with Gasteiger partial charge in [0.2, 0.25) is 5.91 Å². The van der Waals surface area contributed by atoms with Gasteiger partial charge < -0.3 is 15.1 Å². The lowest BCUT2D eigenvalue weighted by atomic mass is 10.2. The molecular weight excluding hydrogens is 254 g/mol. The molecule has 1 fully saturated rings. The molecule has 2 rings (SSSR count). The van der Waals surface area contributed by atoms with Crippen LogP contribution in [-0.4, -0.2) is 86.5 Å². The smallest absolute Gasteiger partial charge is 0.241 e. The largest absolute Gasteiger partial charge is 0.347 e. The molecule has 6 heteroatoms. The third kappa shape index (κ3) is 3.50. The first-order chi connectivity index (χ1) is 9.61. The second-order valence-corrected chi connectivity index (χ2v) is 5.50. The summed E-state index contributed by atoms with van der Waals surface area (Å²) in [4.78, 5) is 22.2. The molecule has 0 aromatic heterocycles. The summed E-state index contributed by atoms with van der Waals surface area (Å²) in [6, 6.07) is 0.591. The Labute approximate surface area is 121 Å². The summed E-state index contributed by atoms with van der Waals surface area (Å²) in [6.07, 6.45) is 5.61. The molecule has 112 valence electrons. The van der Waals surface area contributed by atoms with Gasteiger partial charge in [0.15, 0.2) is 5.96 Å². The van der Waals surface area contributed by atoms with Gasteiger partial charge in [0, 0.05) is 53.4 Å². The van der Waals surface area contributed by atoms with Crippen LogP contribution in [0, 0.1) is 0 Å². The van der Waals surface area contributed by atoms with Crippen molar-refractivity contribution >= 4 is 11.9 Å². The molecule has 0 radical (unpaired) electrons. The van der Waals surface area contributed by atoms with Crippen LogP contribution in [0.3, 0.4) is 0 Å². The van der Waals surface area contributed by atoms with Gasteiger partial charge in [0.05, 0.1) is 6.54 Å². The van der Waals surface area contributed by atoms with Gasteiger partial charge in [-0.3, -0.25) is 14.7 Å². The van der Waals surface area contributed by atoms with Gasteiger partial charge in [-0.05, 0) is 6.42 Å². The molecule has 6 nitrogen and oxygen atoms in total. The highest BCUT2D eigenvalue weighted by Gasteiger charge is 2.29. The standard InChI is InChI=1S/C14H25N5O/c1-15-14(16-10-13(20)17(2)3)19-9-6-12(11-19)18-7-4-5-8-18/h4-5,12H,6-11H2,1-3H3,(H,15,16). The van der Waals surface area contributed by atoms with E-state index in [1.54, 1.807) is 26.0 Å². The van der Waals surface area contributed by atoms with Gasteiger partial charge >= 0.3 is 0 Å². The number of guanidine groups is 1. The van der Waals surface area contributed by atoms with Crippen LogP contribution in [-0.2, 0) is 4.79 Å². The Kier molecular flexibility index (Phi) is 5.00. The third-order valence-electron chi connectivity index (χ3n) is 3.93. The first-order valence-corrected chi connectivity index (χ1v) is 7.16. The summed E-state index contributed by atoms with van der Waals surface area (Å²) in [5.41, 5.74) is 0. The Bertz CT molecular complexity index is 396. The second kappa shape index (κ2) is 6.74. The average Bonchev–Trinajstić information content (AvgIpc) is 3.09. The summed E-state index contributed by atoms with van der Waals surface area (Å²) in [6.45, 7) is 4.40. The van der Waals surface area contributed by atoms with Crippen LogP contribution in [0.2, 0.25) is 0 Å². The topological polar surface area (TPSA) is 51.2 Å². The fraction of sp³-hybridized carbons (Fsp3) is 0.714. The highest BCUT2D eigenvalue weighted by molar-refractivity contribution is 5.86. The van der Waals surface area contributed by atoms with E-state index in [2.05, 4.69) is 32.3 Å². The molecule has 1 N–H and O–H groups in total. The summed E-state index contributed by atoms with van der Waals surface area (Å²) in [7, 11) is 5.30. The van der Waals surface area contributed by atoms with Crippen LogP contribution >= 0.6 is 0 Å². The number of likely N-dealkylation sites (N-methyl/N-ethyl adjacent to an activating group) is 1. The van der Waals surface area contributed by atoms with E-state index in [4.69, 9.17) is 0 Å². The predicted molar refractivity (Wildman–Crippen MR) is 80.7 cm³/mol. The van der Waals surface area contributed by atoms with Crippen molar-refractivity contribution in [3.05, 3.63) is 12.2 Å². The van der Waals surface area contributed by atoms with E-state index >= 15 is 0 Å². The molecule has 1 saturated heterocycles. The maximum Gasteiger partial charge on any atom is 0.241 e. The zero-order valence-electron chi connectivity index (χ0n) is 12.7. The average molecular weight is 279 g/mol. The highest BCUT2D eigenvalue weighted by Crippen LogP contribution is 2.17. The van der Waals surface area contributed by atoms with Gasteiger partial charge in [-0.25, -0.2) is 0 Å². The van der Waals surface area contributed by atoms with Gasteiger partial charge in [-0.1, -0.05) is 12.2 Å². The van der Waals surface area contributed by atoms with Crippen molar-refractivity contribution in [1.29, 1.82) is 0 Å². The number of carbonyl (C=O) groups is 1. The van der Waals surface area contributed by atoms with Crippen LogP contribution in [0.25, 0.3) is 0 Å². The van der Waals surface area contributed by atoms with Crippen molar-refractivity contribution in [3.8, 4) is 0 Å². The SMILES string of the molecule is CN=C(NCC(=O)N(C)C)N1CCC(N2CC=CC2)C1. The van der Waals surface area contributed by atoms with E-state index in [0.29, 0.717) is 12.6 Å². The Morgan fingerprint density at radius 1 is 1.40 bits per heavy atom. The van der Waals surface area contributed by atoms with Crippen molar-refractivity contribution in [2.24, 2.45) is 4.99 Å². The van der Waals surface area contributed by atoms with Crippen LogP contribution < -0.4 is 5.32 Å². The summed E-state index contributed by atoms with van der Waals surface area (Å²) in [5, 5.41) is 3.15. The van der Waals surface area contributed by atoms with E-state index in [9.17, 15) is 4.79 Å². The molecule has 1 amide bonds. The van der Waals surface area contributed by atoms with Crippen molar-refractivity contribution in [3.63, 3.8) is 0 Å². The first kappa shape index (κ1) is 14.8. The molecule has 2 heterocycles. The quantitative estimate of drug-likeness (QED) is 0.434. The maximum atomic E-state index is 11.6. The van der Waals surface area contributed by atoms with Crippen LogP contribution in [0.15, 0.2) is 17.1 Å². The summed E-state index contributed by atoms with van der Waals surface area (Å²) >= 11 is 0. The third-order valence-corrected chi connectivity index (χ3v) is 3.93. The zero-order chi connectivity index (χ0) is 14.5. The van der Waals surface area contributed by atoms with Crippen molar-refractivity contribution in [2.75, 3.05) is 53.9 Å². The van der Waals surface area contributed by atoms with Gasteiger partial charge in [0.25, 0.3) is 0 Å². The number of rotatable bonds is 3. The Morgan fingerprint density at radius 2 is 2.10 bits per heavy atom. The number of hydrogen-bond donors (Lipinski definition) is 1. The number of amides is 1. The molecule has 20 heavy (non-hydrogen) atoms. The zero-order valence-corrected chi connectivity index (χ0v) is 12.7. The molecule has 2 aliphatic heterocycles. The van der Waals surface area contributed by atoms with Crippen LogP contribution in [0.5, 0.6) is 0 Å². The molecule has 0 aromatic rings. The Balaban J connectivity index is 1.82. The van der Waals surface area contributed by atoms with E-state index in [-0.39, 0.29) is 5.91 Å². The maximum absolute atomic E-state index is 11.6. The molecule has 1 unspecified atom stereocenters. The number of nitrogens with zero attached hydrogens (tertiary/aromatic N) is 4. The Morgan fingerprint density at radius 3 is 2.70 bits per heavy atom. The fourth-order valence-electron chi connectivity index (χ4n) is 2.67. The normalized spacial score (nSPS) is 23.4. The number of aliphatic imine (C=N–C) groups is 1. The van der Waals surface area contributed by atoms with Crippen LogP contribution in [0.4, 0.5) is 0 Å². The minimum atomic E-state index is 0.0608. The van der Waals surface area contributed by atoms with Gasteiger partial charge in [-0.15, -0.1) is 0 Å². The van der Waals surface area contributed by atoms with Gasteiger partial charge in [0.1, 0.15) is 0 Å². The van der Waals surface area contributed by atoms with Crippen LogP contribution in [0.1, 0.15) is 6.42 Å². The van der Waals surface area contributed by atoms with E-state index in [1.165, 1.54) is 0 Å². The van der Waals surface area contributed by atoms with E-state index in [1.807, 2.05) is 0 Å². The lowest BCUT2D eigenvalue weighted by Crippen LogP contribution is -2.45. The lowest BCUT2D eigenvalue weighted by molar-refractivity contribution is -0.127. The molecule has 0 aromatic carbocycles. The molecule has 0 spiro atoms. The first-order valence-electron chi connectivity index (χ1n) is 7.16. The monoisotopic (exact) mass is 279 g/mol. The Hall–Kier alpha value is -1.56. The molecule has 0 aliphatic carbocycles. The number of likely N-dealkylation sites (tertiary alicyclic amines) is 1. The minimum absolute atomic E-state index is 0.0608. The lowest BCUT2D eigenvalue weighted by Gasteiger charge is -2.25. The minimum Gasteiger partial charge on any atom is -0.347 e.